The van der Waals surface area contributed by atoms with Crippen LogP contribution in [0.1, 0.15) is 89.8 Å². The van der Waals surface area contributed by atoms with E-state index in [0.717, 1.165) is 22.6 Å². The Bertz CT molecular complexity index is 1340. The van der Waals surface area contributed by atoms with Crippen molar-refractivity contribution in [2.75, 3.05) is 13.2 Å². The molecule has 3 amide bonds. The van der Waals surface area contributed by atoms with Crippen LogP contribution in [0.15, 0.2) is 47.8 Å². The van der Waals surface area contributed by atoms with Gasteiger partial charge >= 0.3 is 18.4 Å². The minimum absolute atomic E-state index is 0.0344. The summed E-state index contributed by atoms with van der Waals surface area (Å²) in [5.74, 6) is 0.455. The van der Waals surface area contributed by atoms with E-state index < -0.39 is 35.1 Å². The Balaban J connectivity index is 1.75. The molecule has 0 radical (unpaired) electrons. The number of allylic oxidation sites excluding steroid dienone is 4. The predicted octanol–water partition coefficient (Wildman–Crippen LogP) is 7.96. The highest BCUT2D eigenvalue weighted by Gasteiger charge is 2.71. The van der Waals surface area contributed by atoms with Crippen molar-refractivity contribution in [3.05, 3.63) is 64.5 Å². The summed E-state index contributed by atoms with van der Waals surface area (Å²) >= 11 is 0. The summed E-state index contributed by atoms with van der Waals surface area (Å²) < 4.78 is 93.7. The van der Waals surface area contributed by atoms with Crippen LogP contribution in [0.3, 0.4) is 0 Å². The molecule has 1 heterocycles. The first-order valence-corrected chi connectivity index (χ1v) is 16.0. The topological polar surface area (TPSA) is 88.1 Å². The van der Waals surface area contributed by atoms with E-state index >= 15 is 0 Å². The quantitative estimate of drug-likeness (QED) is 0.112. The van der Waals surface area contributed by atoms with E-state index in [1.165, 1.54) is 0 Å². The number of imide groups is 1. The Morgan fingerprint density at radius 2 is 1.55 bits per heavy atom. The van der Waals surface area contributed by atoms with Gasteiger partial charge in [-0.15, -0.1) is 0 Å². The molecule has 0 spiro atoms. The van der Waals surface area contributed by atoms with Gasteiger partial charge in [-0.1, -0.05) is 45.8 Å². The third kappa shape index (κ3) is 7.98. The molecule has 0 aromatic heterocycles. The lowest BCUT2D eigenvalue weighted by molar-refractivity contribution is -0.376. The molecule has 1 aliphatic heterocycles. The molecule has 1 saturated heterocycles. The van der Waals surface area contributed by atoms with Crippen LogP contribution >= 0.6 is 0 Å². The molecule has 2 aliphatic rings. The van der Waals surface area contributed by atoms with Crippen LogP contribution in [-0.4, -0.2) is 59.1 Å². The molecule has 262 valence electrons. The standard InChI is InChI=1S/C34H44F6N2O5/c1-6-12-23-20-26(32(45,33(35,36)37)34(38,39)40)21-24(13-7-2)28(23)46-19-10-9-18-42-29(43)31(8-3,41-30(42)44)25-14-11-15-27(17-16-25)47-22(4)5/h11,15-17,20-22,45H,6-10,12-14,18-19H2,1-5H3,(H,41,44). The number of amides is 3. The zero-order chi connectivity index (χ0) is 35.2. The first kappa shape index (κ1) is 38.0. The summed E-state index contributed by atoms with van der Waals surface area (Å²) in [6.07, 6.45) is -2.25. The molecular formula is C34H44F6N2O5. The molecule has 7 nitrogen and oxygen atoms in total. The van der Waals surface area contributed by atoms with E-state index in [0.29, 0.717) is 44.3 Å². The number of urea groups is 1. The molecule has 1 aliphatic carbocycles. The fourth-order valence-electron chi connectivity index (χ4n) is 5.88. The van der Waals surface area contributed by atoms with Crippen molar-refractivity contribution >= 4 is 11.9 Å². The molecule has 1 aromatic rings. The van der Waals surface area contributed by atoms with Gasteiger partial charge in [-0.05, 0) is 93.4 Å². The van der Waals surface area contributed by atoms with Gasteiger partial charge in [-0.25, -0.2) is 4.79 Å². The average molecular weight is 675 g/mol. The van der Waals surface area contributed by atoms with Crippen molar-refractivity contribution in [3.8, 4) is 5.75 Å². The summed E-state index contributed by atoms with van der Waals surface area (Å²) in [7, 11) is 0. The number of rotatable bonds is 15. The van der Waals surface area contributed by atoms with Crippen LogP contribution in [0.25, 0.3) is 0 Å². The van der Waals surface area contributed by atoms with Gasteiger partial charge in [-0.2, -0.15) is 26.3 Å². The number of ether oxygens (including phenoxy) is 2. The number of aryl methyl sites for hydroxylation is 2. The molecule has 1 atom stereocenters. The van der Waals surface area contributed by atoms with Crippen molar-refractivity contribution in [2.24, 2.45) is 0 Å². The predicted molar refractivity (Wildman–Crippen MR) is 165 cm³/mol. The minimum Gasteiger partial charge on any atom is -0.493 e. The molecule has 0 bridgehead atoms. The molecule has 13 heteroatoms. The van der Waals surface area contributed by atoms with Crippen LogP contribution < -0.4 is 10.1 Å². The van der Waals surface area contributed by atoms with Gasteiger partial charge in [0.1, 0.15) is 17.0 Å². The SMILES string of the molecule is CCCc1cc(C(O)(C(F)(F)F)C(F)(F)F)cc(CCC)c1OCCCCN1C(=O)NC(CC)(C2=CC=C(OC(C)C)C=CC2)C1=O. The number of hydrogen-bond acceptors (Lipinski definition) is 5. The van der Waals surface area contributed by atoms with Crippen LogP contribution in [0.4, 0.5) is 31.1 Å². The number of aliphatic hydroxyl groups is 1. The molecule has 47 heavy (non-hydrogen) atoms. The van der Waals surface area contributed by atoms with Crippen molar-refractivity contribution in [3.63, 3.8) is 0 Å². The highest BCUT2D eigenvalue weighted by atomic mass is 19.4. The lowest BCUT2D eigenvalue weighted by atomic mass is 9.84. The maximum Gasteiger partial charge on any atom is 0.430 e. The monoisotopic (exact) mass is 674 g/mol. The number of unbranched alkanes of at least 4 members (excludes halogenated alkanes) is 1. The van der Waals surface area contributed by atoms with E-state index in [4.69, 9.17) is 9.47 Å². The highest BCUT2D eigenvalue weighted by molar-refractivity contribution is 6.09. The second kappa shape index (κ2) is 15.2. The number of nitrogens with zero attached hydrogens (tertiary/aromatic N) is 1. The third-order valence-electron chi connectivity index (χ3n) is 8.24. The van der Waals surface area contributed by atoms with Gasteiger partial charge < -0.3 is 19.9 Å². The van der Waals surface area contributed by atoms with Gasteiger partial charge in [-0.3, -0.25) is 9.69 Å². The fraction of sp³-hybridized carbons (Fsp3) is 0.588. The van der Waals surface area contributed by atoms with Crippen LogP contribution in [0.2, 0.25) is 0 Å². The molecule has 0 saturated carbocycles. The number of carbonyl (C=O) groups excluding carboxylic acids is 2. The Labute approximate surface area is 271 Å². The first-order valence-electron chi connectivity index (χ1n) is 16.0. The lowest BCUT2D eigenvalue weighted by Crippen LogP contribution is -2.54. The molecule has 1 unspecified atom stereocenters. The van der Waals surface area contributed by atoms with Crippen LogP contribution in [0, 0.1) is 0 Å². The lowest BCUT2D eigenvalue weighted by Gasteiger charge is -2.33. The molecule has 1 fully saturated rings. The summed E-state index contributed by atoms with van der Waals surface area (Å²) in [5, 5.41) is 12.9. The van der Waals surface area contributed by atoms with Crippen LogP contribution in [0.5, 0.6) is 5.75 Å². The first-order chi connectivity index (χ1) is 22.0. The maximum atomic E-state index is 13.7. The third-order valence-corrected chi connectivity index (χ3v) is 8.24. The summed E-state index contributed by atoms with van der Waals surface area (Å²) in [6.45, 7) is 9.20. The summed E-state index contributed by atoms with van der Waals surface area (Å²) in [5.41, 5.74) is -6.56. The Kier molecular flexibility index (Phi) is 12.3. The number of hydrogen-bond donors (Lipinski definition) is 2. The molecule has 2 N–H and O–H groups in total. The van der Waals surface area contributed by atoms with Gasteiger partial charge in [0.2, 0.25) is 0 Å². The zero-order valence-corrected chi connectivity index (χ0v) is 27.4. The largest absolute Gasteiger partial charge is 0.493 e. The van der Waals surface area contributed by atoms with E-state index in [9.17, 15) is 41.0 Å². The minimum atomic E-state index is -6.00. The number of alkyl halides is 6. The number of nitrogens with one attached hydrogen (secondary N) is 1. The van der Waals surface area contributed by atoms with E-state index in [2.05, 4.69) is 5.32 Å². The average Bonchev–Trinajstić information content (AvgIpc) is 3.09. The van der Waals surface area contributed by atoms with E-state index in [-0.39, 0.29) is 54.9 Å². The normalized spacial score (nSPS) is 19.1. The summed E-state index contributed by atoms with van der Waals surface area (Å²) in [4.78, 5) is 27.7. The Hall–Kier alpha value is -3.48. The zero-order valence-electron chi connectivity index (χ0n) is 27.4. The smallest absolute Gasteiger partial charge is 0.430 e. The molecular weight excluding hydrogens is 630 g/mol. The van der Waals surface area contributed by atoms with Gasteiger partial charge in [0.15, 0.2) is 0 Å². The number of benzene rings is 1. The number of halogens is 6. The van der Waals surface area contributed by atoms with Gasteiger partial charge in [0.05, 0.1) is 12.7 Å². The summed E-state index contributed by atoms with van der Waals surface area (Å²) in [6, 6.07) is 0.921. The highest BCUT2D eigenvalue weighted by Crippen LogP contribution is 2.51. The Morgan fingerprint density at radius 3 is 2.06 bits per heavy atom. The van der Waals surface area contributed by atoms with E-state index in [1.54, 1.807) is 26.0 Å². The van der Waals surface area contributed by atoms with Gasteiger partial charge in [0.25, 0.3) is 11.5 Å². The van der Waals surface area contributed by atoms with Crippen molar-refractivity contribution in [2.45, 2.75) is 116 Å². The van der Waals surface area contributed by atoms with Crippen molar-refractivity contribution in [1.82, 2.24) is 10.2 Å². The van der Waals surface area contributed by atoms with Gasteiger partial charge in [0, 0.05) is 12.1 Å². The molecule has 3 rings (SSSR count). The van der Waals surface area contributed by atoms with E-state index in [1.807, 2.05) is 32.9 Å². The Morgan fingerprint density at radius 1 is 0.957 bits per heavy atom. The number of carbonyl (C=O) groups is 2. The molecule has 1 aromatic carbocycles. The van der Waals surface area contributed by atoms with Crippen LogP contribution in [-0.2, 0) is 28.0 Å². The van der Waals surface area contributed by atoms with Crippen molar-refractivity contribution in [1.29, 1.82) is 0 Å². The fourth-order valence-corrected chi connectivity index (χ4v) is 5.88. The second-order valence-corrected chi connectivity index (χ2v) is 12.1. The van der Waals surface area contributed by atoms with Crippen molar-refractivity contribution < 1.29 is 50.5 Å². The second-order valence-electron chi connectivity index (χ2n) is 12.1. The maximum absolute atomic E-state index is 13.7.